The molecule has 1 aliphatic carbocycles. The number of Topliss-reactive ketones (excluding diaryl/α,β-unsaturated/α-hetero) is 1. The first-order chi connectivity index (χ1) is 18.4. The highest BCUT2D eigenvalue weighted by molar-refractivity contribution is 6.09. The lowest BCUT2D eigenvalue weighted by atomic mass is 9.69. The van der Waals surface area contributed by atoms with Gasteiger partial charge in [0.15, 0.2) is 5.78 Å². The molecule has 0 spiro atoms. The molecule has 0 saturated heterocycles. The number of allylic oxidation sites excluding steroid dienone is 2. The summed E-state index contributed by atoms with van der Waals surface area (Å²) in [7, 11) is 4.81. The van der Waals surface area contributed by atoms with Crippen molar-refractivity contribution in [3.05, 3.63) is 64.9 Å². The van der Waals surface area contributed by atoms with Gasteiger partial charge in [0.2, 0.25) is 0 Å². The third kappa shape index (κ3) is 5.62. The lowest BCUT2D eigenvalue weighted by molar-refractivity contribution is -0.146. The minimum Gasteiger partial charge on any atom is -0.497 e. The van der Waals surface area contributed by atoms with Gasteiger partial charge in [0.25, 0.3) is 0 Å². The van der Waals surface area contributed by atoms with Crippen LogP contribution in [0.15, 0.2) is 58.7 Å². The molecule has 0 fully saturated rings. The topological polar surface area (TPSA) is 83.4 Å². The Kier molecular flexibility index (Phi) is 8.87. The number of carbonyl (C=O) groups excluding carboxylic acids is 2. The second-order valence-corrected chi connectivity index (χ2v) is 9.85. The Morgan fingerprint density at radius 2 is 1.66 bits per heavy atom. The fraction of sp³-hybridized carbons (Fsp3) is 0.452. The Labute approximate surface area is 224 Å². The normalized spacial score (nSPS) is 20.9. The van der Waals surface area contributed by atoms with Crippen molar-refractivity contribution in [2.45, 2.75) is 57.8 Å². The molecular formula is C31H37NO6. The predicted octanol–water partition coefficient (Wildman–Crippen LogP) is 6.02. The average molecular weight is 520 g/mol. The zero-order chi connectivity index (χ0) is 27.2. The van der Waals surface area contributed by atoms with E-state index in [-0.39, 0.29) is 17.7 Å². The van der Waals surface area contributed by atoms with Gasteiger partial charge in [-0.05, 0) is 61.6 Å². The smallest absolute Gasteiger partial charge is 0.315 e. The summed E-state index contributed by atoms with van der Waals surface area (Å²) in [5, 5.41) is 0. The monoisotopic (exact) mass is 519 g/mol. The second-order valence-electron chi connectivity index (χ2n) is 9.85. The quantitative estimate of drug-likeness (QED) is 0.282. The molecule has 4 rings (SSSR count). The zero-order valence-corrected chi connectivity index (χ0v) is 22.9. The summed E-state index contributed by atoms with van der Waals surface area (Å²) in [6, 6.07) is 13.3. The molecule has 1 aliphatic heterocycles. The van der Waals surface area contributed by atoms with Crippen molar-refractivity contribution in [1.29, 1.82) is 0 Å². The van der Waals surface area contributed by atoms with Gasteiger partial charge >= 0.3 is 5.97 Å². The van der Waals surface area contributed by atoms with Crippen molar-refractivity contribution in [3.63, 3.8) is 0 Å². The van der Waals surface area contributed by atoms with E-state index in [1.165, 1.54) is 0 Å². The lowest BCUT2D eigenvalue weighted by Gasteiger charge is -2.37. The summed E-state index contributed by atoms with van der Waals surface area (Å²) in [5.74, 6) is 0.301. The Morgan fingerprint density at radius 1 is 0.947 bits per heavy atom. The van der Waals surface area contributed by atoms with E-state index in [0.29, 0.717) is 42.2 Å². The van der Waals surface area contributed by atoms with E-state index in [1.54, 1.807) is 21.3 Å². The van der Waals surface area contributed by atoms with Crippen LogP contribution >= 0.6 is 0 Å². The number of carbonyl (C=O) groups is 2. The molecule has 0 saturated carbocycles. The zero-order valence-electron chi connectivity index (χ0n) is 22.9. The molecule has 0 N–H and O–H groups in total. The van der Waals surface area contributed by atoms with Gasteiger partial charge in [0.05, 0.1) is 27.9 Å². The molecule has 2 aromatic carbocycles. The highest BCUT2D eigenvalue weighted by Gasteiger charge is 2.46. The summed E-state index contributed by atoms with van der Waals surface area (Å²) in [5.41, 5.74) is 3.72. The summed E-state index contributed by atoms with van der Waals surface area (Å²) in [6.45, 7) is 4.30. The largest absolute Gasteiger partial charge is 0.497 e. The van der Waals surface area contributed by atoms with Crippen LogP contribution in [0.1, 0.15) is 68.9 Å². The van der Waals surface area contributed by atoms with Crippen LogP contribution in [0.2, 0.25) is 0 Å². The average Bonchev–Trinajstić information content (AvgIpc) is 2.94. The minimum atomic E-state index is -0.724. The molecule has 0 radical (unpaired) electrons. The SMILES string of the molecule is CCCCCOC(=O)C1C(C)=NC2=C(C(=O)CC(c3ccc(OC)cc3)C2)C1c1cc(OC)ccc1OC. The van der Waals surface area contributed by atoms with Crippen molar-refractivity contribution >= 4 is 17.5 Å². The molecule has 202 valence electrons. The van der Waals surface area contributed by atoms with Gasteiger partial charge in [-0.3, -0.25) is 14.6 Å². The number of rotatable bonds is 10. The van der Waals surface area contributed by atoms with Crippen molar-refractivity contribution in [3.8, 4) is 17.2 Å². The number of hydrogen-bond donors (Lipinski definition) is 0. The maximum atomic E-state index is 13.9. The van der Waals surface area contributed by atoms with Crippen LogP contribution in [0.5, 0.6) is 17.2 Å². The Balaban J connectivity index is 1.77. The molecule has 7 nitrogen and oxygen atoms in total. The molecule has 0 amide bonds. The van der Waals surface area contributed by atoms with E-state index < -0.39 is 11.8 Å². The minimum absolute atomic E-state index is 0.00546. The highest BCUT2D eigenvalue weighted by Crippen LogP contribution is 2.49. The maximum Gasteiger partial charge on any atom is 0.315 e. The number of methoxy groups -OCH3 is 3. The molecule has 2 aliphatic rings. The Morgan fingerprint density at radius 3 is 2.32 bits per heavy atom. The number of hydrogen-bond acceptors (Lipinski definition) is 7. The number of ether oxygens (including phenoxy) is 4. The van der Waals surface area contributed by atoms with E-state index in [0.717, 1.165) is 41.8 Å². The van der Waals surface area contributed by atoms with Gasteiger partial charge < -0.3 is 18.9 Å². The first-order valence-corrected chi connectivity index (χ1v) is 13.3. The summed E-state index contributed by atoms with van der Waals surface area (Å²) >= 11 is 0. The van der Waals surface area contributed by atoms with E-state index in [2.05, 4.69) is 6.92 Å². The van der Waals surface area contributed by atoms with Crippen LogP contribution in [0.25, 0.3) is 0 Å². The van der Waals surface area contributed by atoms with Crippen molar-refractivity contribution < 1.29 is 28.5 Å². The number of aliphatic imine (C=N–C) groups is 1. The molecule has 1 heterocycles. The molecular weight excluding hydrogens is 482 g/mol. The third-order valence-electron chi connectivity index (χ3n) is 7.49. The summed E-state index contributed by atoms with van der Waals surface area (Å²) in [4.78, 5) is 32.2. The van der Waals surface area contributed by atoms with Crippen molar-refractivity contribution in [2.75, 3.05) is 27.9 Å². The molecule has 3 unspecified atom stereocenters. The fourth-order valence-electron chi connectivity index (χ4n) is 5.51. The maximum absolute atomic E-state index is 13.9. The number of esters is 1. The second kappa shape index (κ2) is 12.3. The molecule has 0 aromatic heterocycles. The molecule has 3 atom stereocenters. The highest BCUT2D eigenvalue weighted by atomic mass is 16.5. The van der Waals surface area contributed by atoms with Crippen LogP contribution in [-0.2, 0) is 14.3 Å². The third-order valence-corrected chi connectivity index (χ3v) is 7.49. The first kappa shape index (κ1) is 27.4. The Bertz CT molecular complexity index is 1230. The van der Waals surface area contributed by atoms with Gasteiger partial charge in [-0.1, -0.05) is 31.9 Å². The molecule has 38 heavy (non-hydrogen) atoms. The van der Waals surface area contributed by atoms with E-state index in [9.17, 15) is 9.59 Å². The van der Waals surface area contributed by atoms with Gasteiger partial charge in [0.1, 0.15) is 23.2 Å². The number of nitrogens with zero attached hydrogens (tertiary/aromatic N) is 1. The number of unbranched alkanes of at least 4 members (excludes halogenated alkanes) is 2. The van der Waals surface area contributed by atoms with Crippen LogP contribution in [0.3, 0.4) is 0 Å². The standard InChI is InChI=1S/C31H37NO6/c1-6-7-8-15-38-31(34)28-19(2)32-25-16-21(20-9-11-22(35-3)12-10-20)17-26(33)30(25)29(28)24-18-23(36-4)13-14-27(24)37-5/h9-14,18,21,28-29H,6-8,15-17H2,1-5H3. The molecule has 7 heteroatoms. The van der Waals surface area contributed by atoms with Crippen LogP contribution in [0.4, 0.5) is 0 Å². The van der Waals surface area contributed by atoms with E-state index in [4.69, 9.17) is 23.9 Å². The predicted molar refractivity (Wildman–Crippen MR) is 146 cm³/mol. The number of ketones is 1. The van der Waals surface area contributed by atoms with Gasteiger partial charge in [-0.15, -0.1) is 0 Å². The lowest BCUT2D eigenvalue weighted by Crippen LogP contribution is -2.38. The summed E-state index contributed by atoms with van der Waals surface area (Å²) < 4.78 is 22.2. The summed E-state index contributed by atoms with van der Waals surface area (Å²) in [6.07, 6.45) is 3.76. The first-order valence-electron chi connectivity index (χ1n) is 13.3. The van der Waals surface area contributed by atoms with Gasteiger partial charge in [-0.2, -0.15) is 0 Å². The van der Waals surface area contributed by atoms with Crippen LogP contribution in [-0.4, -0.2) is 45.4 Å². The van der Waals surface area contributed by atoms with E-state index in [1.807, 2.05) is 49.4 Å². The van der Waals surface area contributed by atoms with Gasteiger partial charge in [-0.25, -0.2) is 0 Å². The molecule has 0 bridgehead atoms. The van der Waals surface area contributed by atoms with Gasteiger partial charge in [0, 0.05) is 34.9 Å². The van der Waals surface area contributed by atoms with Crippen molar-refractivity contribution in [2.24, 2.45) is 10.9 Å². The number of benzene rings is 2. The molecule has 2 aromatic rings. The fourth-order valence-corrected chi connectivity index (χ4v) is 5.51. The van der Waals surface area contributed by atoms with E-state index >= 15 is 0 Å². The van der Waals surface area contributed by atoms with Crippen molar-refractivity contribution in [1.82, 2.24) is 0 Å². The van der Waals surface area contributed by atoms with Crippen LogP contribution < -0.4 is 14.2 Å². The Hall–Kier alpha value is -3.61. The van der Waals surface area contributed by atoms with Crippen LogP contribution in [0, 0.1) is 5.92 Å².